The minimum Gasteiger partial charge on any atom is -0.493 e. The summed E-state index contributed by atoms with van der Waals surface area (Å²) in [6.45, 7) is 2.54. The van der Waals surface area contributed by atoms with Crippen molar-refractivity contribution in [1.82, 2.24) is 5.32 Å². The van der Waals surface area contributed by atoms with Crippen molar-refractivity contribution in [3.8, 4) is 11.5 Å². The molecule has 3 aromatic rings. The summed E-state index contributed by atoms with van der Waals surface area (Å²) in [6, 6.07) is 12.9. The molecule has 0 radical (unpaired) electrons. The number of hydrogen-bond donors (Lipinski definition) is 2. The minimum atomic E-state index is -0.363. The molecular weight excluding hydrogens is 376 g/mol. The van der Waals surface area contributed by atoms with Gasteiger partial charge in [-0.3, -0.25) is 0 Å². The van der Waals surface area contributed by atoms with Gasteiger partial charge in [-0.05, 0) is 61.0 Å². The lowest BCUT2D eigenvalue weighted by atomic mass is 10.1. The molecule has 0 unspecified atom stereocenters. The van der Waals surface area contributed by atoms with Crippen molar-refractivity contribution < 1.29 is 13.9 Å². The van der Waals surface area contributed by atoms with Gasteiger partial charge in [0.1, 0.15) is 5.58 Å². The molecule has 1 heterocycles. The third-order valence-electron chi connectivity index (χ3n) is 4.36. The first-order chi connectivity index (χ1) is 13.5. The van der Waals surface area contributed by atoms with Gasteiger partial charge in [0.2, 0.25) is 0 Å². The Balaban J connectivity index is 1.59. The van der Waals surface area contributed by atoms with Crippen LogP contribution in [0.15, 0.2) is 51.7 Å². The van der Waals surface area contributed by atoms with E-state index in [1.54, 1.807) is 20.3 Å². The molecule has 0 saturated heterocycles. The van der Waals surface area contributed by atoms with Crippen LogP contribution in [0.2, 0.25) is 0 Å². The van der Waals surface area contributed by atoms with Gasteiger partial charge in [0.25, 0.3) is 0 Å². The molecule has 0 bridgehead atoms. The number of hydrogen-bond acceptors (Lipinski definition) is 5. The highest BCUT2D eigenvalue weighted by molar-refractivity contribution is 7.80. The Morgan fingerprint density at radius 1 is 1.07 bits per heavy atom. The molecule has 2 N–H and O–H groups in total. The van der Waals surface area contributed by atoms with Gasteiger partial charge in [0.15, 0.2) is 16.6 Å². The van der Waals surface area contributed by atoms with Crippen LogP contribution in [0.3, 0.4) is 0 Å². The van der Waals surface area contributed by atoms with E-state index in [9.17, 15) is 4.79 Å². The van der Waals surface area contributed by atoms with Crippen LogP contribution in [0, 0.1) is 6.92 Å². The van der Waals surface area contributed by atoms with Gasteiger partial charge in [-0.2, -0.15) is 0 Å². The van der Waals surface area contributed by atoms with Crippen LogP contribution in [0.5, 0.6) is 11.5 Å². The van der Waals surface area contributed by atoms with Crippen molar-refractivity contribution in [1.29, 1.82) is 0 Å². The number of nitrogens with one attached hydrogen (secondary N) is 2. The van der Waals surface area contributed by atoms with E-state index in [1.165, 1.54) is 6.07 Å². The zero-order chi connectivity index (χ0) is 20.1. The van der Waals surface area contributed by atoms with Crippen molar-refractivity contribution in [3.05, 3.63) is 64.0 Å². The Labute approximate surface area is 168 Å². The van der Waals surface area contributed by atoms with E-state index in [1.807, 2.05) is 37.3 Å². The van der Waals surface area contributed by atoms with Crippen molar-refractivity contribution in [3.63, 3.8) is 0 Å². The minimum absolute atomic E-state index is 0.363. The predicted octanol–water partition coefficient (Wildman–Crippen LogP) is 3.65. The normalized spacial score (nSPS) is 10.5. The standard InChI is InChI=1S/C21H22N2O4S/c1-13-10-20(24)27-18-12-15(5-6-16(13)18)23-21(28)22-9-8-14-4-7-17(25-2)19(11-14)26-3/h4-7,10-12H,8-9H2,1-3H3,(H2,22,23,28). The number of thiocarbonyl (C=S) groups is 1. The molecule has 28 heavy (non-hydrogen) atoms. The van der Waals surface area contributed by atoms with Crippen LogP contribution >= 0.6 is 12.2 Å². The Kier molecular flexibility index (Phi) is 6.16. The monoisotopic (exact) mass is 398 g/mol. The third-order valence-corrected chi connectivity index (χ3v) is 4.60. The molecular formula is C21H22N2O4S. The first kappa shape index (κ1) is 19.7. The van der Waals surface area contributed by atoms with Crippen molar-refractivity contribution in [2.45, 2.75) is 13.3 Å². The summed E-state index contributed by atoms with van der Waals surface area (Å²) >= 11 is 5.35. The van der Waals surface area contributed by atoms with Crippen LogP contribution in [0.1, 0.15) is 11.1 Å². The topological polar surface area (TPSA) is 72.7 Å². The summed E-state index contributed by atoms with van der Waals surface area (Å²) in [5, 5.41) is 7.68. The molecule has 0 amide bonds. The molecule has 6 nitrogen and oxygen atoms in total. The number of methoxy groups -OCH3 is 2. The molecule has 0 fully saturated rings. The molecule has 146 valence electrons. The molecule has 3 rings (SSSR count). The van der Waals surface area contributed by atoms with E-state index < -0.39 is 0 Å². The first-order valence-electron chi connectivity index (χ1n) is 8.80. The first-order valence-corrected chi connectivity index (χ1v) is 9.21. The lowest BCUT2D eigenvalue weighted by molar-refractivity contribution is 0.354. The highest BCUT2D eigenvalue weighted by Crippen LogP contribution is 2.27. The number of rotatable bonds is 6. The van der Waals surface area contributed by atoms with Crippen molar-refractivity contribution in [2.75, 3.05) is 26.1 Å². The third kappa shape index (κ3) is 4.61. The number of benzene rings is 2. The Morgan fingerprint density at radius 2 is 1.86 bits per heavy atom. The second-order valence-electron chi connectivity index (χ2n) is 6.28. The fraction of sp³-hybridized carbons (Fsp3) is 0.238. The summed E-state index contributed by atoms with van der Waals surface area (Å²) < 4.78 is 15.8. The average molecular weight is 398 g/mol. The second kappa shape index (κ2) is 8.75. The van der Waals surface area contributed by atoms with Gasteiger partial charge in [0.05, 0.1) is 14.2 Å². The molecule has 0 atom stereocenters. The SMILES string of the molecule is COc1ccc(CCNC(=S)Nc2ccc3c(C)cc(=O)oc3c2)cc1OC. The summed E-state index contributed by atoms with van der Waals surface area (Å²) in [7, 11) is 3.23. The van der Waals surface area contributed by atoms with Crippen LogP contribution in [0.25, 0.3) is 11.0 Å². The molecule has 0 aliphatic heterocycles. The van der Waals surface area contributed by atoms with E-state index in [0.29, 0.717) is 28.7 Å². The molecule has 0 spiro atoms. The van der Waals surface area contributed by atoms with Gasteiger partial charge in [-0.15, -0.1) is 0 Å². The van der Waals surface area contributed by atoms with Gasteiger partial charge in [-0.25, -0.2) is 4.79 Å². The summed E-state index contributed by atoms with van der Waals surface area (Å²) in [5.74, 6) is 1.41. The smallest absolute Gasteiger partial charge is 0.336 e. The van der Waals surface area contributed by atoms with Gasteiger partial charge >= 0.3 is 5.63 Å². The quantitative estimate of drug-likeness (QED) is 0.485. The fourth-order valence-corrected chi connectivity index (χ4v) is 3.15. The predicted molar refractivity (Wildman–Crippen MR) is 115 cm³/mol. The second-order valence-corrected chi connectivity index (χ2v) is 6.69. The number of anilines is 1. The van der Waals surface area contributed by atoms with E-state index in [4.69, 9.17) is 26.1 Å². The number of ether oxygens (including phenoxy) is 2. The van der Waals surface area contributed by atoms with E-state index in [-0.39, 0.29) is 5.63 Å². The average Bonchev–Trinajstić information content (AvgIpc) is 2.67. The van der Waals surface area contributed by atoms with Crippen LogP contribution in [-0.2, 0) is 6.42 Å². The summed E-state index contributed by atoms with van der Waals surface area (Å²) in [5.41, 5.74) is 2.91. The molecule has 2 aromatic carbocycles. The van der Waals surface area contributed by atoms with Crippen molar-refractivity contribution >= 4 is 34.0 Å². The maximum atomic E-state index is 11.6. The molecule has 0 aliphatic carbocycles. The Bertz CT molecular complexity index is 1060. The van der Waals surface area contributed by atoms with Crippen LogP contribution in [0.4, 0.5) is 5.69 Å². The maximum absolute atomic E-state index is 11.6. The number of fused-ring (bicyclic) bond motifs is 1. The highest BCUT2D eigenvalue weighted by atomic mass is 32.1. The zero-order valence-corrected chi connectivity index (χ0v) is 16.8. The fourth-order valence-electron chi connectivity index (χ4n) is 2.93. The molecule has 1 aromatic heterocycles. The Hall–Kier alpha value is -3.06. The molecule has 7 heteroatoms. The van der Waals surface area contributed by atoms with Gasteiger partial charge in [-0.1, -0.05) is 6.07 Å². The van der Waals surface area contributed by atoms with Crippen LogP contribution < -0.4 is 25.7 Å². The Morgan fingerprint density at radius 3 is 2.61 bits per heavy atom. The maximum Gasteiger partial charge on any atom is 0.336 e. The largest absolute Gasteiger partial charge is 0.493 e. The molecule has 0 aliphatic rings. The van der Waals surface area contributed by atoms with Crippen molar-refractivity contribution in [2.24, 2.45) is 0 Å². The lowest BCUT2D eigenvalue weighted by Gasteiger charge is -2.12. The number of aryl methyl sites for hydroxylation is 1. The van der Waals surface area contributed by atoms with E-state index >= 15 is 0 Å². The summed E-state index contributed by atoms with van der Waals surface area (Å²) in [4.78, 5) is 11.6. The van der Waals surface area contributed by atoms with E-state index in [2.05, 4.69) is 10.6 Å². The molecule has 0 saturated carbocycles. The highest BCUT2D eigenvalue weighted by Gasteiger charge is 2.06. The van der Waals surface area contributed by atoms with Gasteiger partial charge < -0.3 is 24.5 Å². The van der Waals surface area contributed by atoms with E-state index in [0.717, 1.165) is 28.6 Å². The van der Waals surface area contributed by atoms with Crippen LogP contribution in [-0.4, -0.2) is 25.9 Å². The lowest BCUT2D eigenvalue weighted by Crippen LogP contribution is -2.30. The zero-order valence-electron chi connectivity index (χ0n) is 16.0. The summed E-state index contributed by atoms with van der Waals surface area (Å²) in [6.07, 6.45) is 0.772. The van der Waals surface area contributed by atoms with Gasteiger partial charge in [0, 0.05) is 29.8 Å².